The Labute approximate surface area is 35.9 Å². The van der Waals surface area contributed by atoms with Crippen molar-refractivity contribution >= 4 is 0 Å². The quantitative estimate of drug-likeness (QED) is 0.419. The highest BCUT2D eigenvalue weighted by molar-refractivity contribution is 4.81. The fourth-order valence-corrected chi connectivity index (χ4v) is 0.0354. The molecule has 0 aromatic heterocycles. The molecule has 0 bridgehead atoms. The predicted octanol–water partition coefficient (Wildman–Crippen LogP) is -0.706. The topological polar surface area (TPSA) is 60.7 Å². The fourth-order valence-electron chi connectivity index (χ4n) is 0.0354. The van der Waals surface area contributed by atoms with Crippen LogP contribution in [0.3, 0.4) is 0 Å². The van der Waals surface area contributed by atoms with Crippen LogP contribution in [0, 0.1) is 12.7 Å². The number of aliphatic hydroxyl groups is 3. The van der Waals surface area contributed by atoms with Gasteiger partial charge >= 0.3 is 0 Å². The Morgan fingerprint density at radius 1 is 1.67 bits per heavy atom. The van der Waals surface area contributed by atoms with E-state index < -0.39 is 12.7 Å². The van der Waals surface area contributed by atoms with Gasteiger partial charge in [-0.1, -0.05) is 0 Å². The van der Waals surface area contributed by atoms with Gasteiger partial charge in [-0.05, 0) is 0 Å². The summed E-state index contributed by atoms with van der Waals surface area (Å²) in [7, 11) is 0. The molecule has 0 aliphatic heterocycles. The molecule has 0 saturated heterocycles. The van der Waals surface area contributed by atoms with E-state index in [0.29, 0.717) is 0 Å². The Morgan fingerprint density at radius 2 is 2.17 bits per heavy atom. The summed E-state index contributed by atoms with van der Waals surface area (Å²) in [5.41, 5.74) is 0. The lowest BCUT2D eigenvalue weighted by atomic mass is 10.4. The second-order valence-corrected chi connectivity index (χ2v) is 0.717. The molecule has 0 aromatic rings. The van der Waals surface area contributed by atoms with Gasteiger partial charge in [-0.25, -0.2) is 0 Å². The molecule has 0 saturated carbocycles. The molecule has 3 radical (unpaired) electrons. The minimum Gasteiger partial charge on any atom is -0.393 e. The van der Waals surface area contributed by atoms with E-state index in [9.17, 15) is 0 Å². The molecular weight excluding hydrogens is 84.0 g/mol. The van der Waals surface area contributed by atoms with Crippen LogP contribution in [-0.4, -0.2) is 21.9 Å². The lowest BCUT2D eigenvalue weighted by molar-refractivity contribution is 0.163. The summed E-state index contributed by atoms with van der Waals surface area (Å²) in [6, 6.07) is 0. The highest BCUT2D eigenvalue weighted by atomic mass is 16.3. The largest absolute Gasteiger partial charge is 0.393 e. The third-order valence-electron chi connectivity index (χ3n) is 0.279. The Kier molecular flexibility index (Phi) is 3.02. The van der Waals surface area contributed by atoms with Crippen LogP contribution in [0.2, 0.25) is 0 Å². The molecule has 0 rings (SSSR count). The van der Waals surface area contributed by atoms with Crippen molar-refractivity contribution in [3.8, 4) is 0 Å². The van der Waals surface area contributed by atoms with Crippen LogP contribution in [0.5, 0.6) is 0 Å². The molecule has 6 heavy (non-hydrogen) atoms. The minimum atomic E-state index is -0.559. The van der Waals surface area contributed by atoms with Gasteiger partial charge in [-0.3, -0.25) is 0 Å². The van der Waals surface area contributed by atoms with Crippen molar-refractivity contribution in [3.63, 3.8) is 0 Å². The summed E-state index contributed by atoms with van der Waals surface area (Å²) in [5, 5.41) is 23.4. The number of aliphatic hydroxyl groups excluding tert-OH is 3. The van der Waals surface area contributed by atoms with Crippen LogP contribution in [0.1, 0.15) is 0 Å². The van der Waals surface area contributed by atoms with E-state index >= 15 is 0 Å². The molecule has 0 atom stereocenters. The first-order valence-electron chi connectivity index (χ1n) is 1.37. The summed E-state index contributed by atoms with van der Waals surface area (Å²) >= 11 is 0. The summed E-state index contributed by atoms with van der Waals surface area (Å²) < 4.78 is 0. The molecule has 0 aliphatic carbocycles. The van der Waals surface area contributed by atoms with Crippen LogP contribution >= 0.6 is 0 Å². The zero-order valence-electron chi connectivity index (χ0n) is 3.05. The van der Waals surface area contributed by atoms with Crippen molar-refractivity contribution < 1.29 is 15.3 Å². The molecular formula is C3H5O3. The summed E-state index contributed by atoms with van der Waals surface area (Å²) in [6.45, 7) is 0.778. The van der Waals surface area contributed by atoms with E-state index in [4.69, 9.17) is 15.3 Å². The fraction of sp³-hybridized carbons (Fsp3) is 0.333. The maximum Gasteiger partial charge on any atom is 0.168 e. The maximum atomic E-state index is 7.97. The second-order valence-electron chi connectivity index (χ2n) is 0.717. The molecule has 0 spiro atoms. The molecule has 0 unspecified atom stereocenters. The summed E-state index contributed by atoms with van der Waals surface area (Å²) in [6.07, 6.45) is -0.546. The highest BCUT2D eigenvalue weighted by Gasteiger charge is 1.98. The molecule has 3 N–H and O–H groups in total. The Morgan fingerprint density at radius 3 is 2.17 bits per heavy atom. The van der Waals surface area contributed by atoms with Crippen molar-refractivity contribution in [2.75, 3.05) is 6.61 Å². The third-order valence-corrected chi connectivity index (χ3v) is 0.279. The Balaban J connectivity index is 2.75. The van der Waals surface area contributed by atoms with Gasteiger partial charge in [0.1, 0.15) is 0 Å². The van der Waals surface area contributed by atoms with Gasteiger partial charge in [0.15, 0.2) is 12.7 Å². The molecule has 0 aromatic carbocycles. The van der Waals surface area contributed by atoms with Crippen LogP contribution in [0.15, 0.2) is 0 Å². The first-order chi connectivity index (χ1) is 2.81. The average molecular weight is 89.1 g/mol. The van der Waals surface area contributed by atoms with E-state index in [1.54, 1.807) is 0 Å². The first kappa shape index (κ1) is 5.88. The number of hydrogen-bond donors (Lipinski definition) is 3. The van der Waals surface area contributed by atoms with E-state index in [-0.39, 0.29) is 0 Å². The third kappa shape index (κ3) is 2.14. The van der Waals surface area contributed by atoms with Crippen molar-refractivity contribution in [1.82, 2.24) is 0 Å². The van der Waals surface area contributed by atoms with Crippen molar-refractivity contribution in [2.45, 2.75) is 0 Å². The number of hydrogen-bond acceptors (Lipinski definition) is 3. The van der Waals surface area contributed by atoms with Gasteiger partial charge in [0.2, 0.25) is 0 Å². The predicted molar refractivity (Wildman–Crippen MR) is 17.4 cm³/mol. The highest BCUT2D eigenvalue weighted by Crippen LogP contribution is 1.89. The monoisotopic (exact) mass is 89.0 g/mol. The first-order valence-corrected chi connectivity index (χ1v) is 1.37. The van der Waals surface area contributed by atoms with Crippen LogP contribution < -0.4 is 0 Å². The van der Waals surface area contributed by atoms with Gasteiger partial charge in [0, 0.05) is 0 Å². The minimum absolute atomic E-state index is 0.546. The molecule has 0 amide bonds. The lowest BCUT2D eigenvalue weighted by Gasteiger charge is -1.92. The zero-order valence-corrected chi connectivity index (χ0v) is 3.05. The maximum absolute atomic E-state index is 7.97. The van der Waals surface area contributed by atoms with Gasteiger partial charge in [-0.2, -0.15) is 0 Å². The van der Waals surface area contributed by atoms with Gasteiger partial charge in [0.05, 0.1) is 6.61 Å². The van der Waals surface area contributed by atoms with Gasteiger partial charge in [-0.15, -0.1) is 0 Å². The van der Waals surface area contributed by atoms with Crippen LogP contribution in [0.4, 0.5) is 0 Å². The van der Waals surface area contributed by atoms with Crippen molar-refractivity contribution in [3.05, 3.63) is 12.7 Å². The van der Waals surface area contributed by atoms with E-state index in [1.165, 1.54) is 6.61 Å². The van der Waals surface area contributed by atoms with Crippen LogP contribution in [-0.2, 0) is 0 Å². The standard InChI is InChI=1S/C3H5O3/c4-1-3(6)2-5/h4-6H,1H2. The van der Waals surface area contributed by atoms with Crippen LogP contribution in [0.25, 0.3) is 0 Å². The van der Waals surface area contributed by atoms with E-state index in [2.05, 4.69) is 0 Å². The Hall–Kier alpha value is -0.120. The molecule has 3 heteroatoms. The van der Waals surface area contributed by atoms with Gasteiger partial charge in [0.25, 0.3) is 0 Å². The SMILES string of the molecule is O[C][C](O)CO. The molecule has 0 heterocycles. The zero-order chi connectivity index (χ0) is 4.99. The smallest absolute Gasteiger partial charge is 0.168 e. The summed E-state index contributed by atoms with van der Waals surface area (Å²) in [4.78, 5) is 0. The van der Waals surface area contributed by atoms with Gasteiger partial charge < -0.3 is 15.3 Å². The van der Waals surface area contributed by atoms with E-state index in [1.807, 2.05) is 0 Å². The molecule has 35 valence electrons. The van der Waals surface area contributed by atoms with Crippen molar-refractivity contribution in [1.29, 1.82) is 0 Å². The normalized spacial score (nSPS) is 10.0. The number of rotatable bonds is 2. The molecule has 0 fully saturated rings. The van der Waals surface area contributed by atoms with E-state index in [0.717, 1.165) is 0 Å². The molecule has 0 aliphatic rings. The Bertz CT molecular complexity index is 25.2. The lowest BCUT2D eigenvalue weighted by Crippen LogP contribution is -2.00. The second kappa shape index (κ2) is 3.08. The van der Waals surface area contributed by atoms with Crippen molar-refractivity contribution in [2.24, 2.45) is 0 Å². The summed E-state index contributed by atoms with van der Waals surface area (Å²) in [5.74, 6) is 0. The average Bonchev–Trinajstić information content (AvgIpc) is 1.65. The molecule has 3 nitrogen and oxygen atoms in total.